The molecule has 28 rings (SSSR count). The first-order chi connectivity index (χ1) is 71.4. The van der Waals surface area contributed by atoms with Crippen molar-refractivity contribution in [3.63, 3.8) is 0 Å². The number of rotatable bonds is 16. The Morgan fingerprint density at radius 3 is 0.903 bits per heavy atom. The molecular weight excluding hydrogens is 1750 g/mol. The molecule has 6 aromatic heterocycles. The summed E-state index contributed by atoms with van der Waals surface area (Å²) in [5.41, 5.74) is 32.2. The van der Waals surface area contributed by atoms with Crippen molar-refractivity contribution in [3.8, 4) is 100 Å². The maximum atomic E-state index is 4.46. The van der Waals surface area contributed by atoms with Gasteiger partial charge in [-0.3, -0.25) is 19.9 Å². The van der Waals surface area contributed by atoms with Crippen molar-refractivity contribution >= 4 is 164 Å². The highest BCUT2D eigenvalue weighted by Crippen LogP contribution is 2.54. The number of anilines is 6. The Hall–Kier alpha value is -19.3. The fourth-order valence-electron chi connectivity index (χ4n) is 22.3. The second-order valence-corrected chi connectivity index (χ2v) is 37.2. The van der Waals surface area contributed by atoms with Gasteiger partial charge in [-0.15, -0.1) is 0 Å². The van der Waals surface area contributed by atoms with E-state index in [0.717, 1.165) is 117 Å². The molecule has 0 aliphatic rings. The number of pyridine rings is 4. The molecule has 0 unspecified atom stereocenters. The summed E-state index contributed by atoms with van der Waals surface area (Å²) in [6.45, 7) is 0. The standard InChI is InChI=1S/2C68H44N4/c1-3-18-55(19-4-1)71(57-32-33-64-62(42-57)58-22-9-10-26-63(58)72(64)56-20-5-2-6-21-56)65-27-13-25-61-66(51-16-11-14-46(39-51)48-30-31-53-43-69-37-35-50(53)38-48)59-23-7-8-24-60(59)67(68(61)65)52-17-12-15-47(40-52)49-29-28-45-34-36-70-44-54(45)41-49;1-3-17-55(18-4-1)71(58-30-32-66-63(41-58)59-21-9-10-24-65(59)72(66)56-19-5-2-6-20-56)57-29-31-62-64(42-57)68(52-16-12-14-47(39-52)49-26-25-45-33-35-70-44-54(45)40-49)61-23-8-7-22-60(61)67(62)51-15-11-13-46(38-51)48-27-28-53-43-69-36-34-50(53)37-48/h2*1-44H. The summed E-state index contributed by atoms with van der Waals surface area (Å²) in [6.07, 6.45) is 15.2. The van der Waals surface area contributed by atoms with Gasteiger partial charge in [0, 0.05) is 138 Å². The molecule has 22 aromatic carbocycles. The van der Waals surface area contributed by atoms with Gasteiger partial charge in [-0.2, -0.15) is 0 Å². The number of hydrogen-bond donors (Lipinski definition) is 0. The van der Waals surface area contributed by atoms with E-state index in [0.29, 0.717) is 0 Å². The predicted octanol–water partition coefficient (Wildman–Crippen LogP) is 36.6. The van der Waals surface area contributed by atoms with Crippen molar-refractivity contribution in [2.75, 3.05) is 9.80 Å². The zero-order valence-corrected chi connectivity index (χ0v) is 78.4. The van der Waals surface area contributed by atoms with Crippen LogP contribution in [0, 0.1) is 0 Å². The van der Waals surface area contributed by atoms with Gasteiger partial charge in [-0.25, -0.2) is 0 Å². The molecular formula is C136H88N8. The summed E-state index contributed by atoms with van der Waals surface area (Å²) >= 11 is 0. The predicted molar refractivity (Wildman–Crippen MR) is 606 cm³/mol. The Balaban J connectivity index is 0.000000143. The topological polar surface area (TPSA) is 67.9 Å². The van der Waals surface area contributed by atoms with Crippen molar-refractivity contribution in [3.05, 3.63) is 535 Å². The maximum absolute atomic E-state index is 4.46. The van der Waals surface area contributed by atoms with Crippen molar-refractivity contribution in [2.24, 2.45) is 0 Å². The zero-order chi connectivity index (χ0) is 95.1. The lowest BCUT2D eigenvalue weighted by Gasteiger charge is -2.29. The zero-order valence-electron chi connectivity index (χ0n) is 78.4. The highest BCUT2D eigenvalue weighted by atomic mass is 15.2. The van der Waals surface area contributed by atoms with Gasteiger partial charge in [0.15, 0.2) is 0 Å². The van der Waals surface area contributed by atoms with E-state index in [1.165, 1.54) is 147 Å². The summed E-state index contributed by atoms with van der Waals surface area (Å²) in [5, 5.41) is 23.5. The molecule has 0 saturated heterocycles. The van der Waals surface area contributed by atoms with E-state index in [1.807, 2.05) is 49.6 Å². The van der Waals surface area contributed by atoms with Crippen LogP contribution in [0.5, 0.6) is 0 Å². The third-order valence-electron chi connectivity index (χ3n) is 28.9. The molecule has 0 N–H and O–H groups in total. The van der Waals surface area contributed by atoms with E-state index in [4.69, 9.17) is 0 Å². The molecule has 28 aromatic rings. The smallest absolute Gasteiger partial charge is 0.0546 e. The number of nitrogens with zero attached hydrogens (tertiary/aromatic N) is 8. The maximum Gasteiger partial charge on any atom is 0.0546 e. The molecule has 0 saturated carbocycles. The highest BCUT2D eigenvalue weighted by molar-refractivity contribution is 6.27. The molecule has 0 bridgehead atoms. The molecule has 0 fully saturated rings. The van der Waals surface area contributed by atoms with Crippen LogP contribution in [0.2, 0.25) is 0 Å². The van der Waals surface area contributed by atoms with Crippen LogP contribution >= 0.6 is 0 Å². The van der Waals surface area contributed by atoms with E-state index < -0.39 is 0 Å². The van der Waals surface area contributed by atoms with Crippen molar-refractivity contribution < 1.29 is 0 Å². The molecule has 144 heavy (non-hydrogen) atoms. The molecule has 0 aliphatic carbocycles. The van der Waals surface area contributed by atoms with Crippen LogP contribution in [-0.2, 0) is 0 Å². The first-order valence-electron chi connectivity index (χ1n) is 49.0. The molecule has 672 valence electrons. The Morgan fingerprint density at radius 1 is 0.153 bits per heavy atom. The minimum atomic E-state index is 1.07. The molecule has 8 heteroatoms. The van der Waals surface area contributed by atoms with Crippen LogP contribution in [0.1, 0.15) is 0 Å². The van der Waals surface area contributed by atoms with Crippen LogP contribution in [0.3, 0.4) is 0 Å². The SMILES string of the molecule is c1ccc(N(c2ccc3c(-c4cccc(-c5ccc6cnccc6c5)c4)c4ccccc4c(-c4cccc(-c5ccc6ccncc6c5)c4)c3c2)c2ccc3c(c2)c2ccccc2n3-c2ccccc2)cc1.c1ccc(N(c2ccc3c(c2)c2ccccc2n3-c2ccccc2)c2cccc3c(-c4cccc(-c5ccc6cnccc6c5)c4)c4ccccc4c(-c4cccc(-c5ccc6ccncc6c5)c4)c23)cc1. The number of hydrogen-bond acceptors (Lipinski definition) is 6. The lowest BCUT2D eigenvalue weighted by Crippen LogP contribution is -2.11. The lowest BCUT2D eigenvalue weighted by molar-refractivity contribution is 1.18. The Labute approximate surface area is 832 Å². The molecule has 0 amide bonds. The molecule has 8 nitrogen and oxygen atoms in total. The van der Waals surface area contributed by atoms with E-state index in [9.17, 15) is 0 Å². The largest absolute Gasteiger partial charge is 0.310 e. The molecule has 0 atom stereocenters. The Morgan fingerprint density at radius 2 is 0.451 bits per heavy atom. The van der Waals surface area contributed by atoms with Gasteiger partial charge in [0.2, 0.25) is 0 Å². The van der Waals surface area contributed by atoms with Crippen LogP contribution in [0.4, 0.5) is 34.1 Å². The van der Waals surface area contributed by atoms with Gasteiger partial charge in [0.1, 0.15) is 0 Å². The van der Waals surface area contributed by atoms with Gasteiger partial charge >= 0.3 is 0 Å². The fraction of sp³-hybridized carbons (Fsp3) is 0. The van der Waals surface area contributed by atoms with Gasteiger partial charge in [0.25, 0.3) is 0 Å². The minimum Gasteiger partial charge on any atom is -0.310 e. The summed E-state index contributed by atoms with van der Waals surface area (Å²) in [7, 11) is 0. The fourth-order valence-corrected chi connectivity index (χ4v) is 22.3. The van der Waals surface area contributed by atoms with E-state index in [2.05, 4.69) is 524 Å². The second kappa shape index (κ2) is 35.6. The average molecular weight is 1830 g/mol. The Bertz CT molecular complexity index is 9800. The monoisotopic (exact) mass is 1830 g/mol. The molecule has 6 heterocycles. The lowest BCUT2D eigenvalue weighted by atomic mass is 9.84. The van der Waals surface area contributed by atoms with Gasteiger partial charge in [0.05, 0.1) is 27.8 Å². The third kappa shape index (κ3) is 14.9. The van der Waals surface area contributed by atoms with Crippen LogP contribution < -0.4 is 9.80 Å². The van der Waals surface area contributed by atoms with Crippen LogP contribution in [0.25, 0.3) is 230 Å². The summed E-state index contributed by atoms with van der Waals surface area (Å²) in [6, 6.07) is 178. The quantitative estimate of drug-likeness (QED) is 0.0898. The third-order valence-corrected chi connectivity index (χ3v) is 28.9. The number of fused-ring (bicyclic) bond motifs is 14. The number of aromatic nitrogens is 6. The van der Waals surface area contributed by atoms with Gasteiger partial charge < -0.3 is 18.9 Å². The average Bonchev–Trinajstić information content (AvgIpc) is 0.785. The van der Waals surface area contributed by atoms with E-state index >= 15 is 0 Å². The van der Waals surface area contributed by atoms with Crippen LogP contribution in [0.15, 0.2) is 535 Å². The highest BCUT2D eigenvalue weighted by Gasteiger charge is 2.28. The summed E-state index contributed by atoms with van der Waals surface area (Å²) in [5.74, 6) is 0. The Kier molecular flexibility index (Phi) is 20.8. The number of para-hydroxylation sites is 6. The first kappa shape index (κ1) is 84.0. The van der Waals surface area contributed by atoms with E-state index in [1.54, 1.807) is 0 Å². The van der Waals surface area contributed by atoms with E-state index in [-0.39, 0.29) is 0 Å². The molecule has 0 spiro atoms. The number of benzene rings is 22. The minimum absolute atomic E-state index is 1.07. The second-order valence-electron chi connectivity index (χ2n) is 37.2. The first-order valence-corrected chi connectivity index (χ1v) is 49.0. The van der Waals surface area contributed by atoms with Gasteiger partial charge in [-0.05, 0) is 336 Å². The normalized spacial score (nSPS) is 11.6. The van der Waals surface area contributed by atoms with Crippen molar-refractivity contribution in [2.45, 2.75) is 0 Å². The molecule has 0 radical (unpaired) electrons. The van der Waals surface area contributed by atoms with Crippen molar-refractivity contribution in [1.29, 1.82) is 0 Å². The summed E-state index contributed by atoms with van der Waals surface area (Å²) in [4.78, 5) is 22.5. The molecule has 0 aliphatic heterocycles. The van der Waals surface area contributed by atoms with Crippen molar-refractivity contribution in [1.82, 2.24) is 29.1 Å². The van der Waals surface area contributed by atoms with Crippen LogP contribution in [-0.4, -0.2) is 29.1 Å². The van der Waals surface area contributed by atoms with Gasteiger partial charge in [-0.1, -0.05) is 297 Å². The summed E-state index contributed by atoms with van der Waals surface area (Å²) < 4.78 is 4.77.